The number of hydroxylamine groups is 1. The lowest BCUT2D eigenvalue weighted by atomic mass is 9.61. The molecule has 0 aromatic rings. The highest BCUT2D eigenvalue weighted by Crippen LogP contribution is 2.48. The zero-order valence-corrected chi connectivity index (χ0v) is 8.16. The van der Waals surface area contributed by atoms with Gasteiger partial charge in [0.2, 0.25) is 0 Å². The van der Waals surface area contributed by atoms with Crippen molar-refractivity contribution in [2.24, 2.45) is 11.3 Å². The number of carbonyl (C=O) groups excluding carboxylic acids is 1. The average Bonchev–Trinajstić information content (AvgIpc) is 2.62. The number of Topliss-reactive ketones (excluding diaryl/α,β-unsaturated/α-hetero) is 1. The van der Waals surface area contributed by atoms with Crippen LogP contribution >= 0.6 is 0 Å². The molecular weight excluding hydrogens is 178 g/mol. The van der Waals surface area contributed by atoms with Gasteiger partial charge in [-0.15, -0.1) is 0 Å². The number of nitrogens with one attached hydrogen (secondary N) is 1. The minimum atomic E-state index is -0.210. The summed E-state index contributed by atoms with van der Waals surface area (Å²) >= 11 is 0. The van der Waals surface area contributed by atoms with Gasteiger partial charge in [-0.05, 0) is 25.2 Å². The summed E-state index contributed by atoms with van der Waals surface area (Å²) in [4.78, 5) is 17.1. The van der Waals surface area contributed by atoms with E-state index in [1.165, 1.54) is 6.42 Å². The fourth-order valence-electron chi connectivity index (χ4n) is 3.19. The van der Waals surface area contributed by atoms with Crippen LogP contribution in [0.3, 0.4) is 0 Å². The van der Waals surface area contributed by atoms with Gasteiger partial charge in [0.05, 0.1) is 0 Å². The molecule has 3 atom stereocenters. The molecule has 0 amide bonds. The lowest BCUT2D eigenvalue weighted by Gasteiger charge is -2.42. The summed E-state index contributed by atoms with van der Waals surface area (Å²) in [5.41, 5.74) is 2.91. The van der Waals surface area contributed by atoms with Crippen molar-refractivity contribution in [1.29, 1.82) is 0 Å². The van der Waals surface area contributed by atoms with Gasteiger partial charge in [0, 0.05) is 18.4 Å². The van der Waals surface area contributed by atoms with Crippen LogP contribution in [0.5, 0.6) is 0 Å². The Bertz CT molecular complexity index is 300. The van der Waals surface area contributed by atoms with Crippen molar-refractivity contribution in [2.45, 2.75) is 31.8 Å². The highest BCUT2D eigenvalue weighted by atomic mass is 16.7. The molecule has 3 rings (SSSR count). The monoisotopic (exact) mass is 193 g/mol. The number of hydrogen-bond acceptors (Lipinski definition) is 3. The minimum Gasteiger partial charge on any atom is -0.297 e. The molecule has 3 unspecified atom stereocenters. The second kappa shape index (κ2) is 2.91. The van der Waals surface area contributed by atoms with Crippen molar-refractivity contribution in [2.75, 3.05) is 6.54 Å². The predicted octanol–water partition coefficient (Wildman–Crippen LogP) is 1.21. The summed E-state index contributed by atoms with van der Waals surface area (Å²) < 4.78 is 0. The Labute approximate surface area is 83.5 Å². The van der Waals surface area contributed by atoms with Gasteiger partial charge in [-0.25, -0.2) is 5.48 Å². The van der Waals surface area contributed by atoms with Gasteiger partial charge in [0.15, 0.2) is 5.78 Å². The van der Waals surface area contributed by atoms with E-state index in [0.29, 0.717) is 12.3 Å². The van der Waals surface area contributed by atoms with Gasteiger partial charge in [0.1, 0.15) is 6.10 Å². The molecule has 3 aliphatic rings. The molecule has 3 nitrogen and oxygen atoms in total. The Morgan fingerprint density at radius 2 is 2.43 bits per heavy atom. The molecule has 1 heterocycles. The molecule has 3 heteroatoms. The van der Waals surface area contributed by atoms with Gasteiger partial charge < -0.3 is 0 Å². The fourth-order valence-corrected chi connectivity index (χ4v) is 3.19. The number of allylic oxidation sites excluding steroid dienone is 1. The maximum Gasteiger partial charge on any atom is 0.164 e. The molecule has 0 bridgehead atoms. The molecule has 2 fully saturated rings. The lowest BCUT2D eigenvalue weighted by Crippen LogP contribution is -2.48. The van der Waals surface area contributed by atoms with E-state index in [9.17, 15) is 4.79 Å². The van der Waals surface area contributed by atoms with Crippen molar-refractivity contribution >= 4 is 5.78 Å². The molecule has 1 saturated carbocycles. The van der Waals surface area contributed by atoms with Crippen LogP contribution in [0.25, 0.3) is 0 Å². The first-order chi connectivity index (χ1) is 6.83. The van der Waals surface area contributed by atoms with E-state index in [2.05, 4.69) is 17.6 Å². The van der Waals surface area contributed by atoms with E-state index in [1.807, 2.05) is 0 Å². The quantitative estimate of drug-likeness (QED) is 0.587. The molecule has 1 N–H and O–H groups in total. The fraction of sp³-hybridized carbons (Fsp3) is 0.727. The first kappa shape index (κ1) is 8.62. The highest BCUT2D eigenvalue weighted by Gasteiger charge is 2.54. The van der Waals surface area contributed by atoms with Crippen LogP contribution in [0, 0.1) is 11.3 Å². The lowest BCUT2D eigenvalue weighted by molar-refractivity contribution is -0.140. The summed E-state index contributed by atoms with van der Waals surface area (Å²) in [6.45, 7) is 0.810. The zero-order valence-electron chi connectivity index (χ0n) is 8.16. The Morgan fingerprint density at radius 3 is 3.36 bits per heavy atom. The maximum atomic E-state index is 11.7. The van der Waals surface area contributed by atoms with Gasteiger partial charge in [-0.3, -0.25) is 9.63 Å². The third-order valence-electron chi connectivity index (χ3n) is 3.97. The molecule has 0 aromatic heterocycles. The van der Waals surface area contributed by atoms with Crippen molar-refractivity contribution < 1.29 is 9.63 Å². The number of hydrogen-bond donors (Lipinski definition) is 1. The van der Waals surface area contributed by atoms with Crippen LogP contribution in [0.15, 0.2) is 12.2 Å². The highest BCUT2D eigenvalue weighted by molar-refractivity contribution is 5.85. The summed E-state index contributed by atoms with van der Waals surface area (Å²) in [6, 6.07) is 0. The van der Waals surface area contributed by atoms with E-state index < -0.39 is 0 Å². The van der Waals surface area contributed by atoms with Crippen LogP contribution < -0.4 is 5.48 Å². The normalized spacial score (nSPS) is 46.1. The molecule has 1 saturated heterocycles. The van der Waals surface area contributed by atoms with Gasteiger partial charge in [0.25, 0.3) is 0 Å². The second-order valence-electron chi connectivity index (χ2n) is 4.61. The summed E-state index contributed by atoms with van der Waals surface area (Å²) in [7, 11) is 0. The minimum absolute atomic E-state index is 0.00637. The van der Waals surface area contributed by atoms with E-state index in [0.717, 1.165) is 19.4 Å². The van der Waals surface area contributed by atoms with Crippen LogP contribution in [0.1, 0.15) is 25.7 Å². The second-order valence-corrected chi connectivity index (χ2v) is 4.61. The van der Waals surface area contributed by atoms with Gasteiger partial charge >= 0.3 is 0 Å². The maximum absolute atomic E-state index is 11.7. The third-order valence-corrected chi connectivity index (χ3v) is 3.97. The number of carbonyl (C=O) groups is 1. The van der Waals surface area contributed by atoms with Crippen LogP contribution in [0.2, 0.25) is 0 Å². The molecule has 1 spiro atoms. The zero-order chi connectivity index (χ0) is 9.60. The van der Waals surface area contributed by atoms with E-state index in [4.69, 9.17) is 4.84 Å². The summed E-state index contributed by atoms with van der Waals surface area (Å²) in [5.74, 6) is 0.919. The van der Waals surface area contributed by atoms with E-state index in [-0.39, 0.29) is 17.3 Å². The number of rotatable bonds is 0. The topological polar surface area (TPSA) is 38.3 Å². The molecule has 2 aliphatic carbocycles. The predicted molar refractivity (Wildman–Crippen MR) is 51.4 cm³/mol. The van der Waals surface area contributed by atoms with Crippen LogP contribution in [0.4, 0.5) is 0 Å². The SMILES string of the molecule is O=C1CCC2CCC=CC23CNOC13. The first-order valence-corrected chi connectivity index (χ1v) is 5.42. The molecular formula is C11H15NO2. The average molecular weight is 193 g/mol. The molecule has 76 valence electrons. The molecule has 0 radical (unpaired) electrons. The largest absolute Gasteiger partial charge is 0.297 e. The Balaban J connectivity index is 2.03. The Morgan fingerprint density at radius 1 is 1.50 bits per heavy atom. The summed E-state index contributed by atoms with van der Waals surface area (Å²) in [6.07, 6.45) is 8.34. The Hall–Kier alpha value is -0.670. The number of ketones is 1. The van der Waals surface area contributed by atoms with Crippen LogP contribution in [-0.2, 0) is 9.63 Å². The van der Waals surface area contributed by atoms with Gasteiger partial charge in [-0.1, -0.05) is 12.2 Å². The smallest absolute Gasteiger partial charge is 0.164 e. The molecule has 1 aliphatic heterocycles. The Kier molecular flexibility index (Phi) is 1.79. The first-order valence-electron chi connectivity index (χ1n) is 5.42. The van der Waals surface area contributed by atoms with E-state index >= 15 is 0 Å². The van der Waals surface area contributed by atoms with Crippen LogP contribution in [-0.4, -0.2) is 18.4 Å². The standard InChI is InChI=1S/C11H15NO2/c13-9-5-4-8-3-1-2-6-11(8)7-12-14-10(9)11/h2,6,8,10,12H,1,3-5,7H2. The van der Waals surface area contributed by atoms with Gasteiger partial charge in [-0.2, -0.15) is 0 Å². The summed E-state index contributed by atoms with van der Waals surface area (Å²) in [5, 5.41) is 0. The van der Waals surface area contributed by atoms with Crippen molar-refractivity contribution in [3.63, 3.8) is 0 Å². The molecule has 14 heavy (non-hydrogen) atoms. The van der Waals surface area contributed by atoms with E-state index in [1.54, 1.807) is 0 Å². The molecule has 0 aromatic carbocycles. The van der Waals surface area contributed by atoms with Crippen molar-refractivity contribution in [1.82, 2.24) is 5.48 Å². The third kappa shape index (κ3) is 0.969. The van der Waals surface area contributed by atoms with Crippen molar-refractivity contribution in [3.05, 3.63) is 12.2 Å². The van der Waals surface area contributed by atoms with Crippen molar-refractivity contribution in [3.8, 4) is 0 Å².